The van der Waals surface area contributed by atoms with Gasteiger partial charge < -0.3 is 26.0 Å². The number of hydrogen-bond acceptors (Lipinski definition) is 6. The Kier molecular flexibility index (Phi) is 6.91. The average molecular weight is 475 g/mol. The van der Waals surface area contributed by atoms with E-state index in [1.807, 2.05) is 19.9 Å². The zero-order valence-corrected chi connectivity index (χ0v) is 20.3. The van der Waals surface area contributed by atoms with Crippen molar-refractivity contribution in [3.63, 3.8) is 0 Å². The number of amides is 3. The number of phenolic OH excluding ortho intramolecular Hbond substituents is 1. The second-order valence-corrected chi connectivity index (χ2v) is 11.2. The Balaban J connectivity index is 1.56. The molecule has 4 atom stereocenters. The quantitative estimate of drug-likeness (QED) is 0.517. The van der Waals surface area contributed by atoms with Crippen LogP contribution in [0, 0.1) is 5.41 Å². The molecule has 33 heavy (non-hydrogen) atoms. The van der Waals surface area contributed by atoms with Crippen molar-refractivity contribution in [1.82, 2.24) is 20.9 Å². The van der Waals surface area contributed by atoms with Gasteiger partial charge in [0, 0.05) is 0 Å². The molecule has 4 rings (SSSR count). The molecule has 8 nitrogen and oxygen atoms in total. The minimum Gasteiger partial charge on any atom is -0.508 e. The molecule has 0 bridgehead atoms. The SMILES string of the molecule is CNCC(=O)NC1CCSC2CC(C)(C)[C@@H](C(=O)NC3CCCc4cc(O)ccc43)N2C1=O. The van der Waals surface area contributed by atoms with Gasteiger partial charge in [-0.3, -0.25) is 14.4 Å². The molecule has 0 saturated carbocycles. The van der Waals surface area contributed by atoms with E-state index >= 15 is 0 Å². The van der Waals surface area contributed by atoms with Crippen molar-refractivity contribution < 1.29 is 19.5 Å². The number of aromatic hydroxyl groups is 1. The Bertz CT molecular complexity index is 937. The molecule has 2 fully saturated rings. The van der Waals surface area contributed by atoms with Gasteiger partial charge in [0.25, 0.3) is 0 Å². The lowest BCUT2D eigenvalue weighted by molar-refractivity contribution is -0.143. The predicted molar refractivity (Wildman–Crippen MR) is 128 cm³/mol. The first-order valence-electron chi connectivity index (χ1n) is 11.7. The number of carbonyl (C=O) groups is 3. The van der Waals surface area contributed by atoms with Gasteiger partial charge in [-0.25, -0.2) is 0 Å². The molecule has 2 heterocycles. The normalized spacial score (nSPS) is 28.5. The Morgan fingerprint density at radius 3 is 2.76 bits per heavy atom. The van der Waals surface area contributed by atoms with Crippen molar-refractivity contribution in [3.8, 4) is 5.75 Å². The van der Waals surface area contributed by atoms with E-state index in [-0.39, 0.29) is 46.8 Å². The average Bonchev–Trinajstić information content (AvgIpc) is 2.94. The Morgan fingerprint density at radius 1 is 1.21 bits per heavy atom. The van der Waals surface area contributed by atoms with Crippen LogP contribution in [-0.2, 0) is 20.8 Å². The summed E-state index contributed by atoms with van der Waals surface area (Å²) in [7, 11) is 1.69. The molecule has 9 heteroatoms. The predicted octanol–water partition coefficient (Wildman–Crippen LogP) is 1.68. The lowest BCUT2D eigenvalue weighted by atomic mass is 9.83. The molecule has 3 aliphatic rings. The lowest BCUT2D eigenvalue weighted by Gasteiger charge is -2.36. The van der Waals surface area contributed by atoms with E-state index in [1.165, 1.54) is 0 Å². The third kappa shape index (κ3) is 4.84. The summed E-state index contributed by atoms with van der Waals surface area (Å²) < 4.78 is 0. The van der Waals surface area contributed by atoms with Crippen molar-refractivity contribution >= 4 is 29.5 Å². The summed E-state index contributed by atoms with van der Waals surface area (Å²) in [6, 6.07) is 3.95. The molecular formula is C24H34N4O4S. The number of aryl methyl sites for hydroxylation is 1. The van der Waals surface area contributed by atoms with Crippen LogP contribution in [0.1, 0.15) is 56.7 Å². The number of nitrogens with zero attached hydrogens (tertiary/aromatic N) is 1. The molecule has 180 valence electrons. The zero-order chi connectivity index (χ0) is 23.8. The molecule has 0 aromatic heterocycles. The molecule has 2 saturated heterocycles. The Hall–Kier alpha value is -2.26. The number of rotatable bonds is 5. The minimum absolute atomic E-state index is 0.0787. The van der Waals surface area contributed by atoms with Crippen molar-refractivity contribution in [1.29, 1.82) is 0 Å². The molecule has 0 radical (unpaired) electrons. The highest BCUT2D eigenvalue weighted by molar-refractivity contribution is 7.99. The zero-order valence-electron chi connectivity index (χ0n) is 19.5. The van der Waals surface area contributed by atoms with E-state index in [4.69, 9.17) is 0 Å². The van der Waals surface area contributed by atoms with Crippen LogP contribution in [0.15, 0.2) is 18.2 Å². The van der Waals surface area contributed by atoms with Crippen LogP contribution in [-0.4, -0.2) is 64.5 Å². The number of carbonyl (C=O) groups excluding carboxylic acids is 3. The molecule has 2 aliphatic heterocycles. The summed E-state index contributed by atoms with van der Waals surface area (Å²) in [4.78, 5) is 41.1. The van der Waals surface area contributed by atoms with E-state index in [1.54, 1.807) is 35.8 Å². The Morgan fingerprint density at radius 2 is 2.00 bits per heavy atom. The Labute approximate surface area is 199 Å². The van der Waals surface area contributed by atoms with E-state index in [9.17, 15) is 19.5 Å². The van der Waals surface area contributed by atoms with E-state index in [0.717, 1.165) is 42.6 Å². The summed E-state index contributed by atoms with van der Waals surface area (Å²) in [6.45, 7) is 4.23. The van der Waals surface area contributed by atoms with Gasteiger partial charge in [0.2, 0.25) is 17.7 Å². The topological polar surface area (TPSA) is 111 Å². The third-order valence-corrected chi connectivity index (χ3v) is 8.23. The van der Waals surface area contributed by atoms with Crippen LogP contribution in [0.5, 0.6) is 5.75 Å². The van der Waals surface area contributed by atoms with Crippen LogP contribution in [0.4, 0.5) is 0 Å². The number of hydrogen-bond donors (Lipinski definition) is 4. The molecular weight excluding hydrogens is 440 g/mol. The molecule has 3 unspecified atom stereocenters. The number of phenols is 1. The summed E-state index contributed by atoms with van der Waals surface area (Å²) in [5, 5.41) is 18.6. The monoisotopic (exact) mass is 474 g/mol. The van der Waals surface area contributed by atoms with Crippen LogP contribution in [0.2, 0.25) is 0 Å². The fourth-order valence-corrected chi connectivity index (χ4v) is 7.04. The molecule has 3 amide bonds. The first-order chi connectivity index (χ1) is 15.7. The number of nitrogens with one attached hydrogen (secondary N) is 3. The number of benzene rings is 1. The standard InChI is InChI=1S/C24H34N4O4S/c1-24(2)12-20-28(23(32)18(9-10-33-20)26-19(30)13-25-3)21(24)22(31)27-17-6-4-5-14-11-15(29)7-8-16(14)17/h7-8,11,17-18,20-21,25,29H,4-6,9-10,12-13H2,1-3H3,(H,26,30)(H,27,31)/t17?,18?,20?,21-/m1/s1. The molecule has 1 aliphatic carbocycles. The number of likely N-dealkylation sites (N-methyl/N-ethyl adjacent to an activating group) is 1. The molecule has 1 aromatic rings. The van der Waals surface area contributed by atoms with Gasteiger partial charge in [0.1, 0.15) is 17.8 Å². The van der Waals surface area contributed by atoms with Crippen LogP contribution in [0.3, 0.4) is 0 Å². The third-order valence-electron chi connectivity index (χ3n) is 6.98. The molecule has 0 spiro atoms. The van der Waals surface area contributed by atoms with Crippen molar-refractivity contribution in [2.24, 2.45) is 5.41 Å². The fourth-order valence-electron chi connectivity index (χ4n) is 5.46. The van der Waals surface area contributed by atoms with Gasteiger partial charge in [0.05, 0.1) is 18.0 Å². The lowest BCUT2D eigenvalue weighted by Crippen LogP contribution is -2.57. The van der Waals surface area contributed by atoms with E-state index in [2.05, 4.69) is 16.0 Å². The highest BCUT2D eigenvalue weighted by Crippen LogP contribution is 2.46. The summed E-state index contributed by atoms with van der Waals surface area (Å²) in [6.07, 6.45) is 3.91. The largest absolute Gasteiger partial charge is 0.508 e. The highest BCUT2D eigenvalue weighted by atomic mass is 32.2. The maximum absolute atomic E-state index is 13.7. The smallest absolute Gasteiger partial charge is 0.246 e. The van der Waals surface area contributed by atoms with Crippen molar-refractivity contribution in [2.75, 3.05) is 19.3 Å². The maximum atomic E-state index is 13.7. The van der Waals surface area contributed by atoms with Crippen molar-refractivity contribution in [3.05, 3.63) is 29.3 Å². The van der Waals surface area contributed by atoms with Crippen molar-refractivity contribution in [2.45, 2.75) is 69.5 Å². The maximum Gasteiger partial charge on any atom is 0.246 e. The first-order valence-corrected chi connectivity index (χ1v) is 12.8. The minimum atomic E-state index is -0.620. The van der Waals surface area contributed by atoms with Gasteiger partial charge in [-0.05, 0) is 73.6 Å². The second kappa shape index (κ2) is 9.54. The van der Waals surface area contributed by atoms with E-state index < -0.39 is 12.1 Å². The van der Waals surface area contributed by atoms with E-state index in [0.29, 0.717) is 6.42 Å². The summed E-state index contributed by atoms with van der Waals surface area (Å²) >= 11 is 1.69. The molecule has 1 aromatic carbocycles. The highest BCUT2D eigenvalue weighted by Gasteiger charge is 2.54. The summed E-state index contributed by atoms with van der Waals surface area (Å²) in [5.41, 5.74) is 1.71. The van der Waals surface area contributed by atoms with Gasteiger partial charge >= 0.3 is 0 Å². The van der Waals surface area contributed by atoms with Gasteiger partial charge in [-0.1, -0.05) is 19.9 Å². The van der Waals surface area contributed by atoms with Crippen LogP contribution in [0.25, 0.3) is 0 Å². The number of fused-ring (bicyclic) bond motifs is 2. The van der Waals surface area contributed by atoms with Gasteiger partial charge in [-0.15, -0.1) is 11.8 Å². The first kappa shape index (κ1) is 23.9. The van der Waals surface area contributed by atoms with Gasteiger partial charge in [0.15, 0.2) is 0 Å². The number of thioether (sulfide) groups is 1. The van der Waals surface area contributed by atoms with Crippen LogP contribution >= 0.6 is 11.8 Å². The van der Waals surface area contributed by atoms with Gasteiger partial charge in [-0.2, -0.15) is 0 Å². The summed E-state index contributed by atoms with van der Waals surface area (Å²) in [5.74, 6) is 0.444. The molecule has 4 N–H and O–H groups in total. The second-order valence-electron chi connectivity index (χ2n) is 9.94. The fraction of sp³-hybridized carbons (Fsp3) is 0.625. The van der Waals surface area contributed by atoms with Crippen LogP contribution < -0.4 is 16.0 Å².